The van der Waals surface area contributed by atoms with E-state index in [0.29, 0.717) is 12.1 Å². The van der Waals surface area contributed by atoms with Crippen molar-refractivity contribution in [2.45, 2.75) is 38.3 Å². The second kappa shape index (κ2) is 5.58. The van der Waals surface area contributed by atoms with Gasteiger partial charge in [0, 0.05) is 19.2 Å². The van der Waals surface area contributed by atoms with Crippen LogP contribution in [0.25, 0.3) is 0 Å². The lowest BCUT2D eigenvalue weighted by atomic mass is 10.0. The van der Waals surface area contributed by atoms with Gasteiger partial charge in [-0.15, -0.1) is 0 Å². The van der Waals surface area contributed by atoms with Gasteiger partial charge >= 0.3 is 0 Å². The molecule has 0 aliphatic carbocycles. The Morgan fingerprint density at radius 2 is 2.08 bits per heavy atom. The van der Waals surface area contributed by atoms with Crippen LogP contribution < -0.4 is 5.73 Å². The van der Waals surface area contributed by atoms with E-state index in [9.17, 15) is 0 Å². The number of piperidine rings is 1. The van der Waals surface area contributed by atoms with Crippen molar-refractivity contribution in [1.82, 2.24) is 4.90 Å². The molecule has 2 N–H and O–H groups in total. The van der Waals surface area contributed by atoms with E-state index < -0.39 is 0 Å². The van der Waals surface area contributed by atoms with Crippen molar-refractivity contribution in [3.05, 3.63) is 0 Å². The summed E-state index contributed by atoms with van der Waals surface area (Å²) in [6.45, 7) is 5.36. The summed E-state index contributed by atoms with van der Waals surface area (Å²) >= 11 is 0. The van der Waals surface area contributed by atoms with Gasteiger partial charge in [0.15, 0.2) is 0 Å². The molecule has 0 aromatic carbocycles. The summed E-state index contributed by atoms with van der Waals surface area (Å²) in [6.07, 6.45) is 3.45. The number of methoxy groups -OCH3 is 1. The highest BCUT2D eigenvalue weighted by atomic mass is 16.5. The lowest BCUT2D eigenvalue weighted by Crippen LogP contribution is -2.46. The van der Waals surface area contributed by atoms with Crippen LogP contribution in [0.15, 0.2) is 0 Å². The molecule has 1 unspecified atom stereocenters. The summed E-state index contributed by atoms with van der Waals surface area (Å²) in [7, 11) is 1.78. The van der Waals surface area contributed by atoms with Crippen LogP contribution in [0.3, 0.4) is 0 Å². The smallest absolute Gasteiger partial charge is 0.0617 e. The van der Waals surface area contributed by atoms with E-state index in [1.807, 2.05) is 0 Å². The van der Waals surface area contributed by atoms with Gasteiger partial charge in [-0.2, -0.15) is 0 Å². The fourth-order valence-electron chi connectivity index (χ4n) is 1.96. The Balaban J connectivity index is 2.32. The topological polar surface area (TPSA) is 38.5 Å². The van der Waals surface area contributed by atoms with E-state index in [4.69, 9.17) is 10.5 Å². The lowest BCUT2D eigenvalue weighted by molar-refractivity contribution is 0.0711. The van der Waals surface area contributed by atoms with Gasteiger partial charge in [-0.1, -0.05) is 6.92 Å². The molecule has 1 rings (SSSR count). The van der Waals surface area contributed by atoms with Crippen molar-refractivity contribution >= 4 is 0 Å². The summed E-state index contributed by atoms with van der Waals surface area (Å²) in [6, 6.07) is 1.02. The zero-order chi connectivity index (χ0) is 9.68. The van der Waals surface area contributed by atoms with E-state index in [1.165, 1.54) is 6.42 Å². The third kappa shape index (κ3) is 3.25. The van der Waals surface area contributed by atoms with E-state index >= 15 is 0 Å². The molecule has 1 heterocycles. The molecule has 0 spiro atoms. The number of nitrogens with two attached hydrogens (primary N) is 1. The van der Waals surface area contributed by atoms with Gasteiger partial charge in [-0.3, -0.25) is 4.90 Å². The maximum Gasteiger partial charge on any atom is 0.0617 e. The molecule has 0 amide bonds. The first-order valence-corrected chi connectivity index (χ1v) is 5.26. The van der Waals surface area contributed by atoms with Gasteiger partial charge in [0.2, 0.25) is 0 Å². The molecular formula is C10H22N2O. The van der Waals surface area contributed by atoms with E-state index in [2.05, 4.69) is 11.8 Å². The van der Waals surface area contributed by atoms with Gasteiger partial charge in [0.25, 0.3) is 0 Å². The Hall–Kier alpha value is -0.120. The predicted molar refractivity (Wildman–Crippen MR) is 54.7 cm³/mol. The number of likely N-dealkylation sites (tertiary alicyclic amines) is 1. The quantitative estimate of drug-likeness (QED) is 0.707. The Labute approximate surface area is 81.2 Å². The number of hydrogen-bond donors (Lipinski definition) is 1. The average Bonchev–Trinajstić information content (AvgIpc) is 2.16. The molecule has 78 valence electrons. The molecular weight excluding hydrogens is 164 g/mol. The van der Waals surface area contributed by atoms with Crippen molar-refractivity contribution < 1.29 is 4.74 Å². The van der Waals surface area contributed by atoms with Crippen molar-refractivity contribution in [3.63, 3.8) is 0 Å². The monoisotopic (exact) mass is 186 g/mol. The Morgan fingerprint density at radius 3 is 2.54 bits per heavy atom. The standard InChI is InChI=1S/C10H22N2O/c1-3-10(8-13-2)12-6-4-9(11)5-7-12/h9-10H,3-8,11H2,1-2H3. The van der Waals surface area contributed by atoms with E-state index in [0.717, 1.165) is 32.5 Å². The van der Waals surface area contributed by atoms with Crippen molar-refractivity contribution in [3.8, 4) is 0 Å². The maximum atomic E-state index is 5.85. The number of rotatable bonds is 4. The Bertz CT molecular complexity index is 133. The number of hydrogen-bond acceptors (Lipinski definition) is 3. The Morgan fingerprint density at radius 1 is 1.46 bits per heavy atom. The third-order valence-electron chi connectivity index (χ3n) is 2.92. The molecule has 0 aromatic rings. The molecule has 3 nitrogen and oxygen atoms in total. The molecule has 1 fully saturated rings. The highest BCUT2D eigenvalue weighted by molar-refractivity contribution is 4.78. The molecule has 1 aliphatic rings. The van der Waals surface area contributed by atoms with Crippen LogP contribution >= 0.6 is 0 Å². The lowest BCUT2D eigenvalue weighted by Gasteiger charge is -2.35. The van der Waals surface area contributed by atoms with Gasteiger partial charge in [0.1, 0.15) is 0 Å². The molecule has 1 atom stereocenters. The average molecular weight is 186 g/mol. The van der Waals surface area contributed by atoms with Gasteiger partial charge < -0.3 is 10.5 Å². The first kappa shape index (κ1) is 11.0. The first-order chi connectivity index (χ1) is 6.27. The summed E-state index contributed by atoms with van der Waals surface area (Å²) in [5, 5.41) is 0. The second-order valence-electron chi connectivity index (χ2n) is 3.89. The third-order valence-corrected chi connectivity index (χ3v) is 2.92. The minimum atomic E-state index is 0.427. The van der Waals surface area contributed by atoms with Crippen LogP contribution in [0.2, 0.25) is 0 Å². The van der Waals surface area contributed by atoms with Crippen LogP contribution in [0.4, 0.5) is 0 Å². The van der Waals surface area contributed by atoms with Crippen LogP contribution in [0.1, 0.15) is 26.2 Å². The second-order valence-corrected chi connectivity index (χ2v) is 3.89. The fourth-order valence-corrected chi connectivity index (χ4v) is 1.96. The first-order valence-electron chi connectivity index (χ1n) is 5.26. The molecule has 0 bridgehead atoms. The summed E-state index contributed by atoms with van der Waals surface area (Å²) < 4.78 is 5.20. The van der Waals surface area contributed by atoms with E-state index in [1.54, 1.807) is 7.11 Å². The molecule has 0 radical (unpaired) electrons. The number of ether oxygens (including phenoxy) is 1. The minimum absolute atomic E-state index is 0.427. The summed E-state index contributed by atoms with van der Waals surface area (Å²) in [5.41, 5.74) is 5.85. The fraction of sp³-hybridized carbons (Fsp3) is 1.00. The van der Waals surface area contributed by atoms with Crippen LogP contribution in [-0.2, 0) is 4.74 Å². The molecule has 1 aliphatic heterocycles. The Kier molecular flexibility index (Phi) is 4.70. The SMILES string of the molecule is CCC(COC)N1CCC(N)CC1. The van der Waals surface area contributed by atoms with E-state index in [-0.39, 0.29) is 0 Å². The van der Waals surface area contributed by atoms with Crippen LogP contribution in [0, 0.1) is 0 Å². The molecule has 0 saturated carbocycles. The summed E-state index contributed by atoms with van der Waals surface area (Å²) in [5.74, 6) is 0. The predicted octanol–water partition coefficient (Wildman–Crippen LogP) is 0.834. The van der Waals surface area contributed by atoms with Crippen LogP contribution in [0.5, 0.6) is 0 Å². The molecule has 3 heteroatoms. The van der Waals surface area contributed by atoms with Crippen molar-refractivity contribution in [2.24, 2.45) is 5.73 Å². The van der Waals surface area contributed by atoms with Crippen molar-refractivity contribution in [1.29, 1.82) is 0 Å². The van der Waals surface area contributed by atoms with Gasteiger partial charge in [-0.25, -0.2) is 0 Å². The largest absolute Gasteiger partial charge is 0.383 e. The normalized spacial score (nSPS) is 23.3. The summed E-state index contributed by atoms with van der Waals surface area (Å²) in [4.78, 5) is 2.51. The van der Waals surface area contributed by atoms with Gasteiger partial charge in [0.05, 0.1) is 6.61 Å². The molecule has 13 heavy (non-hydrogen) atoms. The highest BCUT2D eigenvalue weighted by Crippen LogP contribution is 2.13. The zero-order valence-electron chi connectivity index (χ0n) is 8.83. The van der Waals surface area contributed by atoms with Crippen LogP contribution in [-0.4, -0.2) is 43.8 Å². The maximum absolute atomic E-state index is 5.85. The zero-order valence-corrected chi connectivity index (χ0v) is 8.83. The minimum Gasteiger partial charge on any atom is -0.383 e. The van der Waals surface area contributed by atoms with Crippen molar-refractivity contribution in [2.75, 3.05) is 26.8 Å². The molecule has 1 saturated heterocycles. The highest BCUT2D eigenvalue weighted by Gasteiger charge is 2.21. The van der Waals surface area contributed by atoms with Gasteiger partial charge in [-0.05, 0) is 32.4 Å². The molecule has 0 aromatic heterocycles. The number of nitrogens with zero attached hydrogens (tertiary/aromatic N) is 1.